The van der Waals surface area contributed by atoms with Gasteiger partial charge in [-0.1, -0.05) is 19.3 Å². The Hall–Kier alpha value is -0.910. The van der Waals surface area contributed by atoms with Crippen molar-refractivity contribution in [2.45, 2.75) is 51.2 Å². The lowest BCUT2D eigenvalue weighted by molar-refractivity contribution is 0.0486. The van der Waals surface area contributed by atoms with Crippen LogP contribution < -0.4 is 0 Å². The minimum Gasteiger partial charge on any atom is -0.392 e. The Kier molecular flexibility index (Phi) is 6.08. The van der Waals surface area contributed by atoms with Gasteiger partial charge in [0.15, 0.2) is 0 Å². The second-order valence-electron chi connectivity index (χ2n) is 7.42. The first-order valence-corrected chi connectivity index (χ1v) is 9.31. The molecule has 0 unspecified atom stereocenters. The van der Waals surface area contributed by atoms with Gasteiger partial charge >= 0.3 is 0 Å². The van der Waals surface area contributed by atoms with Crippen molar-refractivity contribution in [3.63, 3.8) is 0 Å². The summed E-state index contributed by atoms with van der Waals surface area (Å²) in [6.07, 6.45) is 11.6. The Morgan fingerprint density at radius 3 is 2.57 bits per heavy atom. The third-order valence-electron chi connectivity index (χ3n) is 5.48. The van der Waals surface area contributed by atoms with E-state index < -0.39 is 0 Å². The minimum atomic E-state index is -0.125. The number of β-amino-alcohol motifs (C(OH)–C–C–N with tert-alkyl or cyclic N) is 1. The molecule has 1 aliphatic heterocycles. The molecular weight excluding hydrogens is 288 g/mol. The van der Waals surface area contributed by atoms with Crippen LogP contribution in [0.2, 0.25) is 0 Å². The maximum absolute atomic E-state index is 10.6. The predicted molar refractivity (Wildman–Crippen MR) is 92.1 cm³/mol. The summed E-state index contributed by atoms with van der Waals surface area (Å²) in [6.45, 7) is 6.28. The van der Waals surface area contributed by atoms with Crippen LogP contribution in [0.5, 0.6) is 0 Å². The SMILES string of the molecule is Cn1cc(CN2CCCN(C[C@@H](O)C3CCCCC3)CC2)cn1. The van der Waals surface area contributed by atoms with Crippen molar-refractivity contribution in [3.05, 3.63) is 18.0 Å². The van der Waals surface area contributed by atoms with Crippen LogP contribution >= 0.6 is 0 Å². The summed E-state index contributed by atoms with van der Waals surface area (Å²) in [4.78, 5) is 4.99. The van der Waals surface area contributed by atoms with Crippen LogP contribution in [0.1, 0.15) is 44.1 Å². The van der Waals surface area contributed by atoms with Crippen LogP contribution in [0.15, 0.2) is 12.4 Å². The highest BCUT2D eigenvalue weighted by Crippen LogP contribution is 2.27. The summed E-state index contributed by atoms with van der Waals surface area (Å²) in [5.74, 6) is 0.540. The molecule has 130 valence electrons. The molecule has 0 aromatic carbocycles. The molecule has 0 amide bonds. The van der Waals surface area contributed by atoms with Gasteiger partial charge in [0, 0.05) is 45.0 Å². The second-order valence-corrected chi connectivity index (χ2v) is 7.42. The van der Waals surface area contributed by atoms with Crippen LogP contribution in [0.3, 0.4) is 0 Å². The lowest BCUT2D eigenvalue weighted by Crippen LogP contribution is -2.39. The van der Waals surface area contributed by atoms with Crippen molar-refractivity contribution in [1.29, 1.82) is 0 Å². The van der Waals surface area contributed by atoms with Crippen LogP contribution in [-0.2, 0) is 13.6 Å². The standard InChI is InChI=1S/C18H32N4O/c1-20-13-16(12-19-20)14-21-8-5-9-22(11-10-21)15-18(23)17-6-3-2-4-7-17/h12-13,17-18,23H,2-11,14-15H2,1H3/t18-/m1/s1. The minimum absolute atomic E-state index is 0.125. The summed E-state index contributed by atoms with van der Waals surface area (Å²) < 4.78 is 1.87. The lowest BCUT2D eigenvalue weighted by atomic mass is 9.85. The van der Waals surface area contributed by atoms with Crippen molar-refractivity contribution in [2.75, 3.05) is 32.7 Å². The van der Waals surface area contributed by atoms with E-state index in [1.165, 1.54) is 44.1 Å². The summed E-state index contributed by atoms with van der Waals surface area (Å²) in [5.41, 5.74) is 1.29. The summed E-state index contributed by atoms with van der Waals surface area (Å²) >= 11 is 0. The van der Waals surface area contributed by atoms with Gasteiger partial charge in [0.25, 0.3) is 0 Å². The molecular formula is C18H32N4O. The summed E-state index contributed by atoms with van der Waals surface area (Å²) in [6, 6.07) is 0. The van der Waals surface area contributed by atoms with Crippen LogP contribution in [0.25, 0.3) is 0 Å². The number of aliphatic hydroxyl groups excluding tert-OH is 1. The molecule has 5 nitrogen and oxygen atoms in total. The van der Waals surface area contributed by atoms with Crippen LogP contribution in [-0.4, -0.2) is 63.5 Å². The number of hydrogen-bond donors (Lipinski definition) is 1. The highest BCUT2D eigenvalue weighted by atomic mass is 16.3. The van der Waals surface area contributed by atoms with Gasteiger partial charge in [-0.15, -0.1) is 0 Å². The van der Waals surface area contributed by atoms with E-state index in [4.69, 9.17) is 0 Å². The third kappa shape index (κ3) is 5.03. The molecule has 1 saturated carbocycles. The lowest BCUT2D eigenvalue weighted by Gasteiger charge is -2.31. The zero-order chi connectivity index (χ0) is 16.1. The molecule has 1 aliphatic carbocycles. The monoisotopic (exact) mass is 320 g/mol. The van der Waals surface area contributed by atoms with Gasteiger partial charge in [-0.2, -0.15) is 5.10 Å². The van der Waals surface area contributed by atoms with Gasteiger partial charge in [-0.3, -0.25) is 14.5 Å². The van der Waals surface area contributed by atoms with Gasteiger partial charge in [0.05, 0.1) is 12.3 Å². The molecule has 2 heterocycles. The van der Waals surface area contributed by atoms with E-state index in [0.29, 0.717) is 5.92 Å². The average molecular weight is 320 g/mol. The largest absolute Gasteiger partial charge is 0.392 e. The third-order valence-corrected chi connectivity index (χ3v) is 5.48. The topological polar surface area (TPSA) is 44.5 Å². The number of aromatic nitrogens is 2. The van der Waals surface area contributed by atoms with Crippen molar-refractivity contribution >= 4 is 0 Å². The number of rotatable bonds is 5. The average Bonchev–Trinajstić information content (AvgIpc) is 2.84. The van der Waals surface area contributed by atoms with E-state index in [1.54, 1.807) is 0 Å². The fourth-order valence-electron chi connectivity index (χ4n) is 4.11. The Labute approximate surface area is 140 Å². The van der Waals surface area contributed by atoms with Crippen LogP contribution in [0, 0.1) is 5.92 Å². The van der Waals surface area contributed by atoms with Gasteiger partial charge in [-0.25, -0.2) is 0 Å². The van der Waals surface area contributed by atoms with Crippen molar-refractivity contribution < 1.29 is 5.11 Å². The van der Waals surface area contributed by atoms with Crippen molar-refractivity contribution in [3.8, 4) is 0 Å². The van der Waals surface area contributed by atoms with Crippen LogP contribution in [0.4, 0.5) is 0 Å². The molecule has 3 rings (SSSR count). The molecule has 0 radical (unpaired) electrons. The van der Waals surface area contributed by atoms with E-state index in [1.807, 2.05) is 17.9 Å². The van der Waals surface area contributed by atoms with Crippen molar-refractivity contribution in [2.24, 2.45) is 13.0 Å². The molecule has 1 aromatic rings. The summed E-state index contributed by atoms with van der Waals surface area (Å²) in [5, 5.41) is 14.8. The predicted octanol–water partition coefficient (Wildman–Crippen LogP) is 1.87. The van der Waals surface area contributed by atoms with E-state index in [-0.39, 0.29) is 6.10 Å². The van der Waals surface area contributed by atoms with Gasteiger partial charge in [0.1, 0.15) is 0 Å². The number of nitrogens with zero attached hydrogens (tertiary/aromatic N) is 4. The number of aryl methyl sites for hydroxylation is 1. The van der Waals surface area contributed by atoms with Gasteiger partial charge in [0.2, 0.25) is 0 Å². The smallest absolute Gasteiger partial charge is 0.0695 e. The van der Waals surface area contributed by atoms with Gasteiger partial charge < -0.3 is 5.11 Å². The van der Waals surface area contributed by atoms with Gasteiger partial charge in [-0.05, 0) is 38.3 Å². The highest BCUT2D eigenvalue weighted by molar-refractivity contribution is 5.03. The highest BCUT2D eigenvalue weighted by Gasteiger charge is 2.24. The zero-order valence-corrected chi connectivity index (χ0v) is 14.5. The first kappa shape index (κ1) is 16.9. The van der Waals surface area contributed by atoms with E-state index in [0.717, 1.165) is 39.3 Å². The second kappa shape index (κ2) is 8.27. The Morgan fingerprint density at radius 1 is 1.09 bits per heavy atom. The maximum atomic E-state index is 10.6. The zero-order valence-electron chi connectivity index (χ0n) is 14.5. The molecule has 2 aliphatic rings. The van der Waals surface area contributed by atoms with Crippen molar-refractivity contribution in [1.82, 2.24) is 19.6 Å². The fourth-order valence-corrected chi connectivity index (χ4v) is 4.11. The molecule has 1 atom stereocenters. The Bertz CT molecular complexity index is 469. The molecule has 1 N–H and O–H groups in total. The molecule has 1 saturated heterocycles. The van der Waals surface area contributed by atoms with E-state index in [9.17, 15) is 5.11 Å². The maximum Gasteiger partial charge on any atom is 0.0695 e. The molecule has 0 spiro atoms. The first-order valence-electron chi connectivity index (χ1n) is 9.31. The fraction of sp³-hybridized carbons (Fsp3) is 0.833. The molecule has 5 heteroatoms. The molecule has 1 aromatic heterocycles. The molecule has 23 heavy (non-hydrogen) atoms. The first-order chi connectivity index (χ1) is 11.2. The summed E-state index contributed by atoms with van der Waals surface area (Å²) in [7, 11) is 1.97. The molecule has 0 bridgehead atoms. The Morgan fingerprint density at radius 2 is 1.83 bits per heavy atom. The normalized spacial score (nSPS) is 23.7. The molecule has 2 fully saturated rings. The Balaban J connectivity index is 1.44. The number of hydrogen-bond acceptors (Lipinski definition) is 4. The van der Waals surface area contributed by atoms with E-state index in [2.05, 4.69) is 21.1 Å². The van der Waals surface area contributed by atoms with E-state index >= 15 is 0 Å². The number of aliphatic hydroxyl groups is 1. The quantitative estimate of drug-likeness (QED) is 0.899.